The van der Waals surface area contributed by atoms with Crippen molar-refractivity contribution in [2.24, 2.45) is 0 Å². The first-order valence-electron chi connectivity index (χ1n) is 11.6. The van der Waals surface area contributed by atoms with Gasteiger partial charge in [0.2, 0.25) is 5.43 Å². The van der Waals surface area contributed by atoms with Gasteiger partial charge in [0.05, 0.1) is 18.2 Å². The van der Waals surface area contributed by atoms with Gasteiger partial charge in [-0.15, -0.1) is 10.2 Å². The van der Waals surface area contributed by atoms with Crippen molar-refractivity contribution < 1.29 is 19.0 Å². The Morgan fingerprint density at radius 3 is 2.69 bits per heavy atom. The molecule has 0 unspecified atom stereocenters. The molecule has 2 aliphatic heterocycles. The van der Waals surface area contributed by atoms with Crippen molar-refractivity contribution in [3.63, 3.8) is 0 Å². The van der Waals surface area contributed by atoms with E-state index < -0.39 is 17.1 Å². The molecular formula is C24H26FN5O4S. The molecule has 4 heterocycles. The van der Waals surface area contributed by atoms with Gasteiger partial charge in [-0.3, -0.25) is 19.3 Å². The molecule has 5 rings (SSSR count). The molecule has 1 N–H and O–H groups in total. The maximum atomic E-state index is 13.2. The summed E-state index contributed by atoms with van der Waals surface area (Å²) in [5.74, 6) is -1.33. The van der Waals surface area contributed by atoms with E-state index in [4.69, 9.17) is 4.74 Å². The number of halogens is 1. The number of benzene rings is 1. The van der Waals surface area contributed by atoms with Crippen molar-refractivity contribution in [3.05, 3.63) is 62.8 Å². The fourth-order valence-electron chi connectivity index (χ4n) is 4.65. The number of ether oxygens (including phenoxy) is 1. The van der Waals surface area contributed by atoms with Crippen LogP contribution in [0, 0.1) is 5.82 Å². The van der Waals surface area contributed by atoms with Gasteiger partial charge < -0.3 is 14.7 Å². The average molecular weight is 500 g/mol. The number of carbonyl (C=O) groups is 1. The summed E-state index contributed by atoms with van der Waals surface area (Å²) in [6, 6.07) is 6.11. The Hall–Kier alpha value is -3.31. The van der Waals surface area contributed by atoms with Gasteiger partial charge in [-0.2, -0.15) is 0 Å². The van der Waals surface area contributed by atoms with Gasteiger partial charge in [-0.1, -0.05) is 23.5 Å². The number of fused-ring (bicyclic) bond motifs is 1. The molecule has 1 aromatic carbocycles. The van der Waals surface area contributed by atoms with E-state index in [1.807, 2.05) is 18.9 Å². The minimum atomic E-state index is -0.670. The van der Waals surface area contributed by atoms with Gasteiger partial charge in [0, 0.05) is 25.8 Å². The van der Waals surface area contributed by atoms with Crippen molar-refractivity contribution in [3.8, 4) is 16.3 Å². The monoisotopic (exact) mass is 499 g/mol. The van der Waals surface area contributed by atoms with Crippen LogP contribution in [0.25, 0.3) is 10.6 Å². The van der Waals surface area contributed by atoms with Crippen LogP contribution in [0.5, 0.6) is 5.75 Å². The Balaban J connectivity index is 1.54. The molecule has 0 saturated carbocycles. The van der Waals surface area contributed by atoms with Gasteiger partial charge in [-0.25, -0.2) is 4.39 Å². The highest BCUT2D eigenvalue weighted by atomic mass is 32.1. The second kappa shape index (κ2) is 9.38. The molecule has 0 bridgehead atoms. The molecule has 0 spiro atoms. The van der Waals surface area contributed by atoms with Crippen molar-refractivity contribution in [1.29, 1.82) is 0 Å². The first-order valence-corrected chi connectivity index (χ1v) is 12.4. The Morgan fingerprint density at radius 1 is 1.23 bits per heavy atom. The van der Waals surface area contributed by atoms with Crippen molar-refractivity contribution in [2.75, 3.05) is 24.7 Å². The summed E-state index contributed by atoms with van der Waals surface area (Å²) in [7, 11) is 0. The van der Waals surface area contributed by atoms with Crippen molar-refractivity contribution in [2.45, 2.75) is 45.4 Å². The molecule has 11 heteroatoms. The van der Waals surface area contributed by atoms with E-state index in [1.165, 1.54) is 23.5 Å². The molecule has 2 atom stereocenters. The van der Waals surface area contributed by atoms with E-state index in [9.17, 15) is 19.1 Å². The molecule has 184 valence electrons. The fraction of sp³-hybridized carbons (Fsp3) is 0.417. The molecule has 9 nitrogen and oxygen atoms in total. The van der Waals surface area contributed by atoms with E-state index in [2.05, 4.69) is 10.2 Å². The van der Waals surface area contributed by atoms with E-state index in [0.29, 0.717) is 36.1 Å². The fourth-order valence-corrected chi connectivity index (χ4v) is 5.53. The van der Waals surface area contributed by atoms with Gasteiger partial charge >= 0.3 is 0 Å². The summed E-state index contributed by atoms with van der Waals surface area (Å²) in [6.45, 7) is 5.41. The molecule has 0 aliphatic carbocycles. The number of aromatic nitrogens is 3. The lowest BCUT2D eigenvalue weighted by Crippen LogP contribution is -2.61. The third kappa shape index (κ3) is 4.30. The van der Waals surface area contributed by atoms with Crippen LogP contribution in [0.4, 0.5) is 4.39 Å². The molecule has 2 aromatic heterocycles. The number of hydrogen-bond acceptors (Lipinski definition) is 8. The molecule has 1 saturated heterocycles. The molecule has 0 radical (unpaired) electrons. The second-order valence-corrected chi connectivity index (χ2v) is 9.76. The lowest BCUT2D eigenvalue weighted by molar-refractivity contribution is 0.0543. The van der Waals surface area contributed by atoms with E-state index in [1.54, 1.807) is 27.9 Å². The maximum absolute atomic E-state index is 13.2. The Labute approximate surface area is 205 Å². The van der Waals surface area contributed by atoms with Crippen LogP contribution in [0.2, 0.25) is 0 Å². The predicted octanol–water partition coefficient (Wildman–Crippen LogP) is 2.74. The predicted molar refractivity (Wildman–Crippen MR) is 129 cm³/mol. The van der Waals surface area contributed by atoms with Gasteiger partial charge in [-0.05, 0) is 44.4 Å². The lowest BCUT2D eigenvalue weighted by Gasteiger charge is -2.45. The van der Waals surface area contributed by atoms with E-state index >= 15 is 0 Å². The van der Waals surface area contributed by atoms with E-state index in [0.717, 1.165) is 18.4 Å². The highest BCUT2D eigenvalue weighted by molar-refractivity contribution is 7.14. The van der Waals surface area contributed by atoms with Crippen molar-refractivity contribution in [1.82, 2.24) is 19.8 Å². The van der Waals surface area contributed by atoms with Crippen molar-refractivity contribution >= 4 is 17.2 Å². The summed E-state index contributed by atoms with van der Waals surface area (Å²) in [5.41, 5.74) is 0.293. The number of carbonyl (C=O) groups excluding carboxylic acids is 1. The molecule has 35 heavy (non-hydrogen) atoms. The highest BCUT2D eigenvalue weighted by Crippen LogP contribution is 2.30. The molecular weight excluding hydrogens is 473 g/mol. The quantitative estimate of drug-likeness (QED) is 0.557. The molecule has 2 aliphatic rings. The Morgan fingerprint density at radius 2 is 2.00 bits per heavy atom. The molecule has 1 amide bonds. The first kappa shape index (κ1) is 23.4. The Kier molecular flexibility index (Phi) is 6.28. The number of amides is 1. The zero-order valence-electron chi connectivity index (χ0n) is 19.5. The normalized spacial score (nSPS) is 19.9. The standard InChI is InChI=1S/C24H26FN5O4S/c1-3-28-14(2)29(12-17-5-4-10-34-17)30-13-18(21(31)22(32)20(30)24(28)33)23-27-26-19(35-23)11-15-6-8-16(25)9-7-15/h6-9,13-14,17,32H,3-5,10-12H2,1-2H3/t14-,17-/m0/s1. The smallest absolute Gasteiger partial charge is 0.278 e. The van der Waals surface area contributed by atoms with Gasteiger partial charge in [0.1, 0.15) is 17.0 Å². The zero-order chi connectivity index (χ0) is 24.7. The summed E-state index contributed by atoms with van der Waals surface area (Å²) in [4.78, 5) is 27.9. The van der Waals surface area contributed by atoms with Crippen LogP contribution in [0.3, 0.4) is 0 Å². The maximum Gasteiger partial charge on any atom is 0.278 e. The topological polar surface area (TPSA) is 101 Å². The van der Waals surface area contributed by atoms with Crippen LogP contribution in [0.1, 0.15) is 47.7 Å². The zero-order valence-corrected chi connectivity index (χ0v) is 20.3. The summed E-state index contributed by atoms with van der Waals surface area (Å²) >= 11 is 1.22. The summed E-state index contributed by atoms with van der Waals surface area (Å²) in [6.07, 6.45) is 3.56. The molecule has 3 aromatic rings. The van der Waals surface area contributed by atoms with Crippen LogP contribution in [-0.2, 0) is 11.2 Å². The minimum Gasteiger partial charge on any atom is -0.502 e. The minimum absolute atomic E-state index is 0.00827. The summed E-state index contributed by atoms with van der Waals surface area (Å²) in [5, 5.41) is 22.2. The second-order valence-electron chi connectivity index (χ2n) is 8.70. The van der Waals surface area contributed by atoms with Crippen LogP contribution >= 0.6 is 11.3 Å². The number of hydrogen-bond donors (Lipinski definition) is 1. The average Bonchev–Trinajstić information content (AvgIpc) is 3.52. The first-order chi connectivity index (χ1) is 16.9. The lowest BCUT2D eigenvalue weighted by atomic mass is 10.1. The number of pyridine rings is 1. The number of rotatable bonds is 6. The number of nitrogens with zero attached hydrogens (tertiary/aromatic N) is 5. The van der Waals surface area contributed by atoms with Gasteiger partial charge in [0.15, 0.2) is 16.5 Å². The third-order valence-corrected chi connectivity index (χ3v) is 7.46. The largest absolute Gasteiger partial charge is 0.502 e. The summed E-state index contributed by atoms with van der Waals surface area (Å²) < 4.78 is 20.6. The Bertz CT molecular complexity index is 1300. The van der Waals surface area contributed by atoms with Crippen LogP contribution < -0.4 is 10.4 Å². The van der Waals surface area contributed by atoms with Crippen LogP contribution in [0.15, 0.2) is 35.3 Å². The van der Waals surface area contributed by atoms with Gasteiger partial charge in [0.25, 0.3) is 5.91 Å². The SMILES string of the molecule is CCN1C(=O)c2c(O)c(=O)c(-c3nnc(Cc4ccc(F)cc4)s3)cn2N(C[C@@H]2CCCO2)[C@H]1C. The van der Waals surface area contributed by atoms with Crippen LogP contribution in [-0.4, -0.2) is 62.8 Å². The third-order valence-electron chi connectivity index (χ3n) is 6.51. The van der Waals surface area contributed by atoms with E-state index in [-0.39, 0.29) is 29.3 Å². The molecule has 1 fully saturated rings. The highest BCUT2D eigenvalue weighted by Gasteiger charge is 2.39. The number of aromatic hydroxyl groups is 1.